The Kier molecular flexibility index (Phi) is 4.16. The summed E-state index contributed by atoms with van der Waals surface area (Å²) in [5, 5.41) is 3.27. The maximum Gasteiger partial charge on any atom is 0.325 e. The van der Waals surface area contributed by atoms with Crippen LogP contribution in [0.5, 0.6) is 0 Å². The second kappa shape index (κ2) is 5.83. The predicted molar refractivity (Wildman–Crippen MR) is 70.2 cm³/mol. The van der Waals surface area contributed by atoms with Gasteiger partial charge < -0.3 is 15.2 Å². The monoisotopic (exact) mass is 266 g/mol. The van der Waals surface area contributed by atoms with E-state index in [9.17, 15) is 14.4 Å². The van der Waals surface area contributed by atoms with Gasteiger partial charge in [-0.05, 0) is 31.8 Å². The van der Waals surface area contributed by atoms with Crippen molar-refractivity contribution in [3.8, 4) is 0 Å². The van der Waals surface area contributed by atoms with Crippen molar-refractivity contribution in [1.29, 1.82) is 0 Å². The summed E-state index contributed by atoms with van der Waals surface area (Å²) in [5.41, 5.74) is -1.29. The van der Waals surface area contributed by atoms with Gasteiger partial charge in [-0.3, -0.25) is 14.6 Å². The molecule has 1 fully saturated rings. The van der Waals surface area contributed by atoms with Gasteiger partial charge in [-0.1, -0.05) is 0 Å². The van der Waals surface area contributed by atoms with Crippen LogP contribution in [-0.2, 0) is 0 Å². The lowest BCUT2D eigenvalue weighted by atomic mass is 9.97. The normalized spacial score (nSPS) is 16.3. The Balaban J connectivity index is 2.05. The quantitative estimate of drug-likeness (QED) is 0.662. The molecule has 0 aromatic carbocycles. The Labute approximate surface area is 110 Å². The van der Waals surface area contributed by atoms with Gasteiger partial charge in [0.25, 0.3) is 11.5 Å². The molecule has 2 heterocycles. The van der Waals surface area contributed by atoms with Crippen molar-refractivity contribution in [2.75, 3.05) is 26.7 Å². The Morgan fingerprint density at radius 3 is 2.68 bits per heavy atom. The summed E-state index contributed by atoms with van der Waals surface area (Å²) in [5.74, 6) is 0.0908. The van der Waals surface area contributed by atoms with E-state index in [2.05, 4.69) is 15.3 Å². The van der Waals surface area contributed by atoms with Gasteiger partial charge in [0.15, 0.2) is 0 Å². The van der Waals surface area contributed by atoms with E-state index in [1.54, 1.807) is 11.9 Å². The topological polar surface area (TPSA) is 98.1 Å². The van der Waals surface area contributed by atoms with Crippen LogP contribution in [0.15, 0.2) is 15.8 Å². The van der Waals surface area contributed by atoms with Crippen molar-refractivity contribution >= 4 is 5.91 Å². The highest BCUT2D eigenvalue weighted by molar-refractivity contribution is 5.93. The van der Waals surface area contributed by atoms with Crippen LogP contribution in [0.1, 0.15) is 23.2 Å². The number of nitrogens with one attached hydrogen (secondary N) is 3. The average Bonchev–Trinajstić information content (AvgIpc) is 2.39. The van der Waals surface area contributed by atoms with Crippen LogP contribution >= 0.6 is 0 Å². The number of amides is 1. The first kappa shape index (κ1) is 13.5. The first-order chi connectivity index (χ1) is 9.08. The van der Waals surface area contributed by atoms with Gasteiger partial charge in [-0.15, -0.1) is 0 Å². The molecular weight excluding hydrogens is 248 g/mol. The minimum Gasteiger partial charge on any atom is -0.341 e. The molecule has 1 aliphatic heterocycles. The summed E-state index contributed by atoms with van der Waals surface area (Å²) in [6, 6.07) is 0. The maximum absolute atomic E-state index is 12.1. The zero-order valence-electron chi connectivity index (χ0n) is 10.9. The molecule has 0 radical (unpaired) electrons. The fraction of sp³-hybridized carbons (Fsp3) is 0.583. The largest absolute Gasteiger partial charge is 0.341 e. The number of H-pyrrole nitrogens is 2. The van der Waals surface area contributed by atoms with Gasteiger partial charge in [-0.2, -0.15) is 0 Å². The summed E-state index contributed by atoms with van der Waals surface area (Å²) in [6.07, 6.45) is 3.22. The molecule has 0 aliphatic carbocycles. The van der Waals surface area contributed by atoms with Crippen LogP contribution in [0.3, 0.4) is 0 Å². The lowest BCUT2D eigenvalue weighted by Crippen LogP contribution is -2.39. The van der Waals surface area contributed by atoms with Crippen LogP contribution in [0.25, 0.3) is 0 Å². The van der Waals surface area contributed by atoms with Crippen molar-refractivity contribution in [2.24, 2.45) is 5.92 Å². The highest BCUT2D eigenvalue weighted by Gasteiger charge is 2.20. The van der Waals surface area contributed by atoms with E-state index < -0.39 is 11.2 Å². The first-order valence-corrected chi connectivity index (χ1v) is 6.36. The van der Waals surface area contributed by atoms with Crippen molar-refractivity contribution in [1.82, 2.24) is 20.2 Å². The maximum atomic E-state index is 12.1. The fourth-order valence-corrected chi connectivity index (χ4v) is 2.31. The van der Waals surface area contributed by atoms with E-state index in [-0.39, 0.29) is 11.5 Å². The summed E-state index contributed by atoms with van der Waals surface area (Å²) in [6.45, 7) is 2.55. The van der Waals surface area contributed by atoms with Gasteiger partial charge in [0.05, 0.1) is 0 Å². The summed E-state index contributed by atoms with van der Waals surface area (Å²) >= 11 is 0. The number of hydrogen-bond donors (Lipinski definition) is 3. The number of carbonyl (C=O) groups excluding carboxylic acids is 1. The first-order valence-electron chi connectivity index (χ1n) is 6.36. The molecule has 0 atom stereocenters. The molecule has 0 unspecified atom stereocenters. The second-order valence-corrected chi connectivity index (χ2v) is 4.86. The van der Waals surface area contributed by atoms with Crippen molar-refractivity contribution < 1.29 is 4.79 Å². The Morgan fingerprint density at radius 2 is 2.05 bits per heavy atom. The third-order valence-corrected chi connectivity index (χ3v) is 3.39. The number of hydrogen-bond acceptors (Lipinski definition) is 4. The van der Waals surface area contributed by atoms with Crippen molar-refractivity contribution in [3.63, 3.8) is 0 Å². The standard InChI is InChI=1S/C12H18N4O3/c1-16(7-8-2-4-13-5-3-8)11(18)9-6-14-12(19)15-10(9)17/h6,8,13H,2-5,7H2,1H3,(H2,14,15,17,19). The van der Waals surface area contributed by atoms with Crippen molar-refractivity contribution in [2.45, 2.75) is 12.8 Å². The highest BCUT2D eigenvalue weighted by Crippen LogP contribution is 2.13. The number of piperidine rings is 1. The van der Waals surface area contributed by atoms with E-state index in [1.165, 1.54) is 6.20 Å². The molecule has 1 amide bonds. The van der Waals surface area contributed by atoms with Crippen LogP contribution in [0, 0.1) is 5.92 Å². The molecule has 2 rings (SSSR count). The molecule has 1 aliphatic rings. The number of rotatable bonds is 3. The number of nitrogens with zero attached hydrogens (tertiary/aromatic N) is 1. The summed E-state index contributed by atoms with van der Waals surface area (Å²) in [4.78, 5) is 40.5. The minimum atomic E-state index is -0.647. The van der Waals surface area contributed by atoms with Gasteiger partial charge in [0, 0.05) is 19.8 Å². The predicted octanol–water partition coefficient (Wildman–Crippen LogP) is -0.865. The number of carbonyl (C=O) groups is 1. The molecule has 7 heteroatoms. The van der Waals surface area contributed by atoms with Crippen LogP contribution in [0.4, 0.5) is 0 Å². The molecule has 1 aromatic heterocycles. The lowest BCUT2D eigenvalue weighted by Gasteiger charge is -2.27. The minimum absolute atomic E-state index is 0.0314. The van der Waals surface area contributed by atoms with E-state index >= 15 is 0 Å². The smallest absolute Gasteiger partial charge is 0.325 e. The molecule has 19 heavy (non-hydrogen) atoms. The zero-order chi connectivity index (χ0) is 13.8. The van der Waals surface area contributed by atoms with Gasteiger partial charge in [0.1, 0.15) is 5.56 Å². The molecule has 0 saturated carbocycles. The molecule has 104 valence electrons. The van der Waals surface area contributed by atoms with E-state index in [4.69, 9.17) is 0 Å². The van der Waals surface area contributed by atoms with E-state index in [0.29, 0.717) is 12.5 Å². The lowest BCUT2D eigenvalue weighted by molar-refractivity contribution is 0.0760. The summed E-state index contributed by atoms with van der Waals surface area (Å²) < 4.78 is 0. The molecule has 0 bridgehead atoms. The summed E-state index contributed by atoms with van der Waals surface area (Å²) in [7, 11) is 1.68. The fourth-order valence-electron chi connectivity index (χ4n) is 2.31. The number of aromatic nitrogens is 2. The van der Waals surface area contributed by atoms with Gasteiger partial charge in [0.2, 0.25) is 0 Å². The molecular formula is C12H18N4O3. The Bertz CT molecular complexity index is 557. The molecule has 0 spiro atoms. The average molecular weight is 266 g/mol. The van der Waals surface area contributed by atoms with Gasteiger partial charge in [-0.25, -0.2) is 4.79 Å². The SMILES string of the molecule is CN(CC1CCNCC1)C(=O)c1c[nH]c(=O)[nH]c1=O. The van der Waals surface area contributed by atoms with Gasteiger partial charge >= 0.3 is 5.69 Å². The Hall–Kier alpha value is -1.89. The second-order valence-electron chi connectivity index (χ2n) is 4.86. The van der Waals surface area contributed by atoms with Crippen LogP contribution in [-0.4, -0.2) is 47.5 Å². The third kappa shape index (κ3) is 3.31. The van der Waals surface area contributed by atoms with Crippen LogP contribution < -0.4 is 16.6 Å². The third-order valence-electron chi connectivity index (χ3n) is 3.39. The van der Waals surface area contributed by atoms with E-state index in [0.717, 1.165) is 25.9 Å². The molecule has 7 nitrogen and oxygen atoms in total. The Morgan fingerprint density at radius 1 is 1.37 bits per heavy atom. The highest BCUT2D eigenvalue weighted by atomic mass is 16.2. The molecule has 1 saturated heterocycles. The van der Waals surface area contributed by atoms with Crippen LogP contribution in [0.2, 0.25) is 0 Å². The molecule has 1 aromatic rings. The number of aromatic amines is 2. The van der Waals surface area contributed by atoms with E-state index in [1.807, 2.05) is 0 Å². The van der Waals surface area contributed by atoms with Crippen molar-refractivity contribution in [3.05, 3.63) is 32.6 Å². The molecule has 3 N–H and O–H groups in total. The zero-order valence-corrected chi connectivity index (χ0v) is 10.9.